The number of anilines is 1. The van der Waals surface area contributed by atoms with Crippen molar-refractivity contribution >= 4 is 16.7 Å². The van der Waals surface area contributed by atoms with Gasteiger partial charge >= 0.3 is 0 Å². The molecule has 0 bridgehead atoms. The molecule has 1 aliphatic rings. The normalized spacial score (nSPS) is 15.6. The number of halogens is 1. The number of piperidine rings is 1. The molecule has 1 fully saturated rings. The molecule has 2 aromatic carbocycles. The number of phenols is 1. The standard InChI is InChI=1S/C21H22FN3O/c1-13-8-10-25(11-9-13)21-15-7-6-14(2)12-17(15)23-20(24-21)19-16(22)4-3-5-18(19)26/h3-7,12-13,26H,8-11H2,1-2H3. The van der Waals surface area contributed by atoms with E-state index >= 15 is 0 Å². The van der Waals surface area contributed by atoms with Gasteiger partial charge in [0, 0.05) is 18.5 Å². The van der Waals surface area contributed by atoms with E-state index in [1.165, 1.54) is 18.2 Å². The van der Waals surface area contributed by atoms with Crippen molar-refractivity contribution in [3.05, 3.63) is 47.8 Å². The maximum Gasteiger partial charge on any atom is 0.168 e. The van der Waals surface area contributed by atoms with Gasteiger partial charge in [0.2, 0.25) is 0 Å². The van der Waals surface area contributed by atoms with Crippen molar-refractivity contribution in [1.82, 2.24) is 9.97 Å². The summed E-state index contributed by atoms with van der Waals surface area (Å²) in [5, 5.41) is 11.1. The monoisotopic (exact) mass is 351 g/mol. The molecular formula is C21H22FN3O. The summed E-state index contributed by atoms with van der Waals surface area (Å²) in [7, 11) is 0. The summed E-state index contributed by atoms with van der Waals surface area (Å²) in [5.74, 6) is 1.09. The Kier molecular flexibility index (Phi) is 4.23. The maximum absolute atomic E-state index is 14.4. The Morgan fingerprint density at radius 1 is 1.12 bits per heavy atom. The maximum atomic E-state index is 14.4. The van der Waals surface area contributed by atoms with Crippen LogP contribution in [0, 0.1) is 18.7 Å². The minimum absolute atomic E-state index is 0.0579. The zero-order valence-corrected chi connectivity index (χ0v) is 15.0. The van der Waals surface area contributed by atoms with Crippen LogP contribution in [0.1, 0.15) is 25.3 Å². The summed E-state index contributed by atoms with van der Waals surface area (Å²) in [6, 6.07) is 10.3. The van der Waals surface area contributed by atoms with Crippen molar-refractivity contribution in [3.63, 3.8) is 0 Å². The summed E-state index contributed by atoms with van der Waals surface area (Å²) in [6.45, 7) is 6.11. The van der Waals surface area contributed by atoms with E-state index in [4.69, 9.17) is 0 Å². The van der Waals surface area contributed by atoms with Crippen LogP contribution >= 0.6 is 0 Å². The molecule has 4 nitrogen and oxygen atoms in total. The van der Waals surface area contributed by atoms with E-state index in [1.807, 2.05) is 25.1 Å². The highest BCUT2D eigenvalue weighted by Crippen LogP contribution is 2.34. The van der Waals surface area contributed by atoms with Gasteiger partial charge in [-0.3, -0.25) is 0 Å². The molecule has 3 aromatic rings. The Hall–Kier alpha value is -2.69. The van der Waals surface area contributed by atoms with Crippen LogP contribution in [0.15, 0.2) is 36.4 Å². The molecule has 134 valence electrons. The molecule has 5 heteroatoms. The highest BCUT2D eigenvalue weighted by molar-refractivity contribution is 5.92. The molecule has 0 spiro atoms. The van der Waals surface area contributed by atoms with Crippen molar-refractivity contribution in [2.75, 3.05) is 18.0 Å². The minimum atomic E-state index is -0.518. The number of aromatic nitrogens is 2. The second-order valence-electron chi connectivity index (χ2n) is 7.19. The van der Waals surface area contributed by atoms with E-state index < -0.39 is 5.82 Å². The third-order valence-corrected chi connectivity index (χ3v) is 5.13. The number of nitrogens with zero attached hydrogens (tertiary/aromatic N) is 3. The van der Waals surface area contributed by atoms with Crippen LogP contribution in [-0.2, 0) is 0 Å². The number of benzene rings is 2. The summed E-state index contributed by atoms with van der Waals surface area (Å²) in [5.41, 5.74) is 1.91. The topological polar surface area (TPSA) is 49.2 Å². The second-order valence-corrected chi connectivity index (χ2v) is 7.19. The molecule has 26 heavy (non-hydrogen) atoms. The molecule has 0 saturated carbocycles. The zero-order chi connectivity index (χ0) is 18.3. The van der Waals surface area contributed by atoms with Gasteiger partial charge in [-0.15, -0.1) is 0 Å². The summed E-state index contributed by atoms with van der Waals surface area (Å²) in [4.78, 5) is 11.5. The number of fused-ring (bicyclic) bond motifs is 1. The van der Waals surface area contributed by atoms with Gasteiger partial charge in [0.25, 0.3) is 0 Å². The number of phenolic OH excluding ortho intramolecular Hbond substituents is 1. The molecule has 0 atom stereocenters. The van der Waals surface area contributed by atoms with Crippen LogP contribution in [0.4, 0.5) is 10.2 Å². The first-order valence-electron chi connectivity index (χ1n) is 9.04. The van der Waals surface area contributed by atoms with E-state index in [1.54, 1.807) is 0 Å². The van der Waals surface area contributed by atoms with Gasteiger partial charge < -0.3 is 10.0 Å². The fourth-order valence-electron chi connectivity index (χ4n) is 3.53. The van der Waals surface area contributed by atoms with Gasteiger partial charge in [0.1, 0.15) is 17.4 Å². The summed E-state index contributed by atoms with van der Waals surface area (Å²) < 4.78 is 14.4. The van der Waals surface area contributed by atoms with Crippen LogP contribution in [0.2, 0.25) is 0 Å². The molecule has 1 saturated heterocycles. The molecule has 0 aliphatic carbocycles. The van der Waals surface area contributed by atoms with Crippen molar-refractivity contribution in [3.8, 4) is 17.1 Å². The van der Waals surface area contributed by atoms with Gasteiger partial charge in [0.05, 0.1) is 11.1 Å². The lowest BCUT2D eigenvalue weighted by Gasteiger charge is -2.32. The number of hydrogen-bond acceptors (Lipinski definition) is 4. The van der Waals surface area contributed by atoms with Crippen molar-refractivity contribution in [1.29, 1.82) is 0 Å². The first-order valence-corrected chi connectivity index (χ1v) is 9.04. The third-order valence-electron chi connectivity index (χ3n) is 5.13. The molecule has 0 unspecified atom stereocenters. The van der Waals surface area contributed by atoms with Gasteiger partial charge in [0.15, 0.2) is 5.82 Å². The lowest BCUT2D eigenvalue weighted by Crippen LogP contribution is -2.33. The van der Waals surface area contributed by atoms with E-state index in [2.05, 4.69) is 21.8 Å². The lowest BCUT2D eigenvalue weighted by atomic mass is 9.99. The molecule has 1 N–H and O–H groups in total. The number of hydrogen-bond donors (Lipinski definition) is 1. The van der Waals surface area contributed by atoms with Crippen LogP contribution in [0.5, 0.6) is 5.75 Å². The second kappa shape index (κ2) is 6.56. The SMILES string of the molecule is Cc1ccc2c(N3CCC(C)CC3)nc(-c3c(O)cccc3F)nc2c1. The average molecular weight is 351 g/mol. The van der Waals surface area contributed by atoms with Crippen molar-refractivity contribution in [2.24, 2.45) is 5.92 Å². The number of rotatable bonds is 2. The van der Waals surface area contributed by atoms with Crippen LogP contribution in [-0.4, -0.2) is 28.2 Å². The van der Waals surface area contributed by atoms with E-state index in [0.29, 0.717) is 5.92 Å². The molecule has 0 radical (unpaired) electrons. The first-order chi connectivity index (χ1) is 12.5. The molecule has 0 amide bonds. The molecule has 1 aliphatic heterocycles. The first kappa shape index (κ1) is 16.8. The molecular weight excluding hydrogens is 329 g/mol. The van der Waals surface area contributed by atoms with Crippen LogP contribution in [0.3, 0.4) is 0 Å². The third kappa shape index (κ3) is 2.98. The Labute approximate surface area is 152 Å². The molecule has 4 rings (SSSR count). The van der Waals surface area contributed by atoms with Gasteiger partial charge in [-0.25, -0.2) is 14.4 Å². The Balaban J connectivity index is 1.92. The number of aryl methyl sites for hydroxylation is 1. The van der Waals surface area contributed by atoms with Gasteiger partial charge in [-0.05, 0) is 55.5 Å². The zero-order valence-electron chi connectivity index (χ0n) is 15.0. The van der Waals surface area contributed by atoms with Crippen LogP contribution in [0.25, 0.3) is 22.3 Å². The summed E-state index contributed by atoms with van der Waals surface area (Å²) in [6.07, 6.45) is 2.22. The Morgan fingerprint density at radius 2 is 1.88 bits per heavy atom. The highest BCUT2D eigenvalue weighted by atomic mass is 19.1. The van der Waals surface area contributed by atoms with Crippen molar-refractivity contribution < 1.29 is 9.50 Å². The minimum Gasteiger partial charge on any atom is -0.507 e. The van der Waals surface area contributed by atoms with Crippen molar-refractivity contribution in [2.45, 2.75) is 26.7 Å². The average Bonchev–Trinajstić information content (AvgIpc) is 2.61. The van der Waals surface area contributed by atoms with Gasteiger partial charge in [-0.1, -0.05) is 19.1 Å². The van der Waals surface area contributed by atoms with E-state index in [9.17, 15) is 9.50 Å². The summed E-state index contributed by atoms with van der Waals surface area (Å²) >= 11 is 0. The fourth-order valence-corrected chi connectivity index (χ4v) is 3.53. The lowest BCUT2D eigenvalue weighted by molar-refractivity contribution is 0.437. The molecule has 1 aromatic heterocycles. The number of aromatic hydroxyl groups is 1. The van der Waals surface area contributed by atoms with Gasteiger partial charge in [-0.2, -0.15) is 0 Å². The smallest absolute Gasteiger partial charge is 0.168 e. The van der Waals surface area contributed by atoms with E-state index in [0.717, 1.165) is 48.2 Å². The fraction of sp³-hybridized carbons (Fsp3) is 0.333. The highest BCUT2D eigenvalue weighted by Gasteiger charge is 2.22. The predicted molar refractivity (Wildman–Crippen MR) is 102 cm³/mol. The molecule has 2 heterocycles. The Morgan fingerprint density at radius 3 is 2.62 bits per heavy atom. The largest absolute Gasteiger partial charge is 0.507 e. The predicted octanol–water partition coefficient (Wildman–Crippen LogP) is 4.69. The van der Waals surface area contributed by atoms with E-state index in [-0.39, 0.29) is 17.1 Å². The Bertz CT molecular complexity index is 945. The van der Waals surface area contributed by atoms with Crippen LogP contribution < -0.4 is 4.90 Å². The quantitative estimate of drug-likeness (QED) is 0.728.